The standard InChI is InChI=1S/2C12H14N2OS/c2*1-8-11(12(15)14(2)13-8)9-4-6-10(16-3)7-5-9/h2*4-7,13H,1-3H3. The Morgan fingerprint density at radius 1 is 0.625 bits per heavy atom. The van der Waals surface area contributed by atoms with Crippen LogP contribution in [0.5, 0.6) is 0 Å². The second-order valence-electron chi connectivity index (χ2n) is 7.41. The van der Waals surface area contributed by atoms with Crippen molar-refractivity contribution in [1.29, 1.82) is 0 Å². The number of nitrogens with zero attached hydrogens (tertiary/aromatic N) is 2. The maximum absolute atomic E-state index is 11.9. The van der Waals surface area contributed by atoms with Crippen molar-refractivity contribution in [2.75, 3.05) is 12.5 Å². The maximum Gasteiger partial charge on any atom is 0.274 e. The highest BCUT2D eigenvalue weighted by molar-refractivity contribution is 7.98. The molecule has 0 atom stereocenters. The summed E-state index contributed by atoms with van der Waals surface area (Å²) in [5.74, 6) is 0. The lowest BCUT2D eigenvalue weighted by atomic mass is 10.1. The number of benzene rings is 2. The molecule has 0 amide bonds. The molecule has 2 N–H and O–H groups in total. The van der Waals surface area contributed by atoms with Crippen LogP contribution in [0.4, 0.5) is 0 Å². The molecule has 0 aliphatic rings. The van der Waals surface area contributed by atoms with Gasteiger partial charge in [-0.3, -0.25) is 29.2 Å². The first-order valence-corrected chi connectivity index (χ1v) is 12.5. The van der Waals surface area contributed by atoms with Gasteiger partial charge in [-0.1, -0.05) is 24.3 Å². The summed E-state index contributed by atoms with van der Waals surface area (Å²) < 4.78 is 3.01. The third kappa shape index (κ3) is 4.97. The van der Waals surface area contributed by atoms with E-state index in [9.17, 15) is 9.59 Å². The lowest BCUT2D eigenvalue weighted by Crippen LogP contribution is -2.13. The molecule has 0 fully saturated rings. The summed E-state index contributed by atoms with van der Waals surface area (Å²) in [7, 11) is 3.46. The van der Waals surface area contributed by atoms with E-state index in [0.29, 0.717) is 0 Å². The fourth-order valence-electron chi connectivity index (χ4n) is 3.57. The summed E-state index contributed by atoms with van der Waals surface area (Å²) in [6, 6.07) is 16.1. The van der Waals surface area contributed by atoms with Gasteiger partial charge in [-0.25, -0.2) is 0 Å². The zero-order chi connectivity index (χ0) is 23.4. The number of thioether (sulfide) groups is 2. The Labute approximate surface area is 196 Å². The molecular weight excluding hydrogens is 440 g/mol. The second kappa shape index (κ2) is 10.2. The molecule has 0 aliphatic carbocycles. The third-order valence-corrected chi connectivity index (χ3v) is 6.70. The van der Waals surface area contributed by atoms with E-state index in [1.165, 1.54) is 19.2 Å². The molecule has 8 heteroatoms. The Morgan fingerprint density at radius 2 is 0.938 bits per heavy atom. The van der Waals surface area contributed by atoms with Gasteiger partial charge in [0.1, 0.15) is 0 Å². The fraction of sp³-hybridized carbons (Fsp3) is 0.250. The highest BCUT2D eigenvalue weighted by Gasteiger charge is 2.11. The van der Waals surface area contributed by atoms with Crippen LogP contribution in [0.3, 0.4) is 0 Å². The summed E-state index contributed by atoms with van der Waals surface area (Å²) in [5, 5.41) is 6.00. The summed E-state index contributed by atoms with van der Waals surface area (Å²) in [6.07, 6.45) is 4.07. The van der Waals surface area contributed by atoms with Crippen molar-refractivity contribution in [3.05, 3.63) is 80.6 Å². The maximum atomic E-state index is 11.9. The number of hydrogen-bond donors (Lipinski definition) is 2. The van der Waals surface area contributed by atoms with Crippen LogP contribution in [0.2, 0.25) is 0 Å². The van der Waals surface area contributed by atoms with Crippen molar-refractivity contribution in [3.8, 4) is 22.3 Å². The quantitative estimate of drug-likeness (QED) is 0.421. The van der Waals surface area contributed by atoms with Gasteiger partial charge in [0.05, 0.1) is 11.1 Å². The van der Waals surface area contributed by atoms with E-state index in [0.717, 1.165) is 33.6 Å². The van der Waals surface area contributed by atoms with Gasteiger partial charge in [-0.2, -0.15) is 0 Å². The average Bonchev–Trinajstić information content (AvgIpc) is 3.20. The molecule has 4 aromatic rings. The number of nitrogens with one attached hydrogen (secondary N) is 2. The smallest absolute Gasteiger partial charge is 0.274 e. The predicted molar refractivity (Wildman–Crippen MR) is 136 cm³/mol. The van der Waals surface area contributed by atoms with E-state index in [1.807, 2.05) is 74.9 Å². The predicted octanol–water partition coefficient (Wildman–Crippen LogP) is 4.82. The SMILES string of the molecule is CSc1ccc(-c2c(C)[nH]n(C)c2=O)cc1.CSc1ccc(-c2c(C)[nH]n(C)c2=O)cc1. The van der Waals surface area contributed by atoms with Crippen LogP contribution in [0.25, 0.3) is 22.3 Å². The highest BCUT2D eigenvalue weighted by atomic mass is 32.2. The number of rotatable bonds is 4. The Balaban J connectivity index is 0.000000181. The zero-order valence-corrected chi connectivity index (χ0v) is 20.8. The second-order valence-corrected chi connectivity index (χ2v) is 9.17. The molecule has 0 spiro atoms. The molecule has 2 aromatic carbocycles. The van der Waals surface area contributed by atoms with Gasteiger partial charge >= 0.3 is 0 Å². The van der Waals surface area contributed by atoms with E-state index in [1.54, 1.807) is 37.6 Å². The van der Waals surface area contributed by atoms with Crippen molar-refractivity contribution in [2.45, 2.75) is 23.6 Å². The van der Waals surface area contributed by atoms with Crippen LogP contribution in [-0.2, 0) is 14.1 Å². The highest BCUT2D eigenvalue weighted by Crippen LogP contribution is 2.23. The fourth-order valence-corrected chi connectivity index (χ4v) is 4.38. The topological polar surface area (TPSA) is 75.6 Å². The normalized spacial score (nSPS) is 10.7. The number of H-pyrrole nitrogens is 2. The molecule has 168 valence electrons. The molecule has 2 heterocycles. The third-order valence-electron chi connectivity index (χ3n) is 5.22. The van der Waals surface area contributed by atoms with Gasteiger partial charge in [-0.15, -0.1) is 23.5 Å². The number of hydrogen-bond acceptors (Lipinski definition) is 4. The molecule has 0 bridgehead atoms. The molecular formula is C24H28N4O2S2. The minimum Gasteiger partial charge on any atom is -0.300 e. The van der Waals surface area contributed by atoms with E-state index >= 15 is 0 Å². The monoisotopic (exact) mass is 468 g/mol. The first-order chi connectivity index (χ1) is 15.3. The molecule has 4 rings (SSSR count). The van der Waals surface area contributed by atoms with E-state index in [2.05, 4.69) is 10.2 Å². The molecule has 0 saturated heterocycles. The van der Waals surface area contributed by atoms with Crippen LogP contribution in [0, 0.1) is 13.8 Å². The van der Waals surface area contributed by atoms with Crippen LogP contribution in [0.1, 0.15) is 11.4 Å². The molecule has 32 heavy (non-hydrogen) atoms. The average molecular weight is 469 g/mol. The summed E-state index contributed by atoms with van der Waals surface area (Å²) in [6.45, 7) is 3.83. The summed E-state index contributed by atoms with van der Waals surface area (Å²) >= 11 is 3.39. The number of aryl methyl sites for hydroxylation is 4. The number of aromatic nitrogens is 4. The lowest BCUT2D eigenvalue weighted by molar-refractivity contribution is 0.731. The van der Waals surface area contributed by atoms with Crippen LogP contribution in [-0.4, -0.2) is 32.1 Å². The lowest BCUT2D eigenvalue weighted by Gasteiger charge is -2.00. The van der Waals surface area contributed by atoms with Gasteiger partial charge in [0.2, 0.25) is 0 Å². The first kappa shape index (κ1) is 23.8. The van der Waals surface area contributed by atoms with Gasteiger partial charge in [0.25, 0.3) is 11.1 Å². The molecule has 0 saturated carbocycles. The van der Waals surface area contributed by atoms with Crippen molar-refractivity contribution >= 4 is 23.5 Å². The molecule has 0 radical (unpaired) electrons. The summed E-state index contributed by atoms with van der Waals surface area (Å²) in [4.78, 5) is 26.1. The number of aromatic amines is 2. The van der Waals surface area contributed by atoms with Crippen molar-refractivity contribution in [3.63, 3.8) is 0 Å². The summed E-state index contributed by atoms with van der Waals surface area (Å²) in [5.41, 5.74) is 5.32. The van der Waals surface area contributed by atoms with Crippen LogP contribution >= 0.6 is 23.5 Å². The van der Waals surface area contributed by atoms with E-state index in [-0.39, 0.29) is 11.1 Å². The Bertz CT molecular complexity index is 1210. The molecule has 0 aliphatic heterocycles. The Morgan fingerprint density at radius 3 is 1.16 bits per heavy atom. The molecule has 0 unspecified atom stereocenters. The van der Waals surface area contributed by atoms with Gasteiger partial charge < -0.3 is 0 Å². The first-order valence-electron chi connectivity index (χ1n) is 10.1. The zero-order valence-electron chi connectivity index (χ0n) is 19.1. The van der Waals surface area contributed by atoms with Crippen LogP contribution < -0.4 is 11.1 Å². The van der Waals surface area contributed by atoms with Gasteiger partial charge in [-0.05, 0) is 61.8 Å². The van der Waals surface area contributed by atoms with Gasteiger partial charge in [0.15, 0.2) is 0 Å². The van der Waals surface area contributed by atoms with E-state index < -0.39 is 0 Å². The Hall–Kier alpha value is -2.84. The van der Waals surface area contributed by atoms with Gasteiger partial charge in [0, 0.05) is 35.3 Å². The molecule has 2 aromatic heterocycles. The minimum absolute atomic E-state index is 0.0226. The Kier molecular flexibility index (Phi) is 7.58. The molecule has 6 nitrogen and oxygen atoms in total. The van der Waals surface area contributed by atoms with Crippen molar-refractivity contribution in [1.82, 2.24) is 19.6 Å². The van der Waals surface area contributed by atoms with Crippen molar-refractivity contribution in [2.24, 2.45) is 14.1 Å². The minimum atomic E-state index is 0.0226. The van der Waals surface area contributed by atoms with Crippen molar-refractivity contribution < 1.29 is 0 Å². The van der Waals surface area contributed by atoms with E-state index in [4.69, 9.17) is 0 Å². The largest absolute Gasteiger partial charge is 0.300 e. The van der Waals surface area contributed by atoms with Crippen LogP contribution in [0.15, 0.2) is 67.9 Å².